The van der Waals surface area contributed by atoms with Crippen molar-refractivity contribution in [3.8, 4) is 0 Å². The Labute approximate surface area is 114 Å². The van der Waals surface area contributed by atoms with Crippen LogP contribution in [-0.4, -0.2) is 34.0 Å². The van der Waals surface area contributed by atoms with Crippen LogP contribution in [0.3, 0.4) is 0 Å². The summed E-state index contributed by atoms with van der Waals surface area (Å²) in [6, 6.07) is 0. The topological polar surface area (TPSA) is 66.4 Å². The van der Waals surface area contributed by atoms with Crippen LogP contribution >= 0.6 is 11.8 Å². The number of carboxylic acid groups (broad SMARTS) is 1. The zero-order valence-electron chi connectivity index (χ0n) is 12.0. The molecule has 2 N–H and O–H groups in total. The lowest BCUT2D eigenvalue weighted by atomic mass is 9.82. The van der Waals surface area contributed by atoms with Crippen LogP contribution in [0.5, 0.6) is 0 Å². The third kappa shape index (κ3) is 5.76. The number of thioether (sulfide) groups is 1. The van der Waals surface area contributed by atoms with Gasteiger partial charge in [-0.2, -0.15) is 0 Å². The molecule has 0 aromatic rings. The molecule has 0 bridgehead atoms. The first-order chi connectivity index (χ1) is 8.17. The summed E-state index contributed by atoms with van der Waals surface area (Å²) in [5.41, 5.74) is -0.831. The summed E-state index contributed by atoms with van der Waals surface area (Å²) in [6.45, 7) is 10.0. The number of nitrogens with one attached hydrogen (secondary N) is 1. The molecule has 0 aromatic heterocycles. The molecule has 0 aliphatic rings. The number of aliphatic carboxylic acids is 1. The van der Waals surface area contributed by atoms with Gasteiger partial charge in [0.1, 0.15) is 0 Å². The molecule has 0 saturated carbocycles. The van der Waals surface area contributed by atoms with Crippen molar-refractivity contribution in [1.29, 1.82) is 0 Å². The van der Waals surface area contributed by atoms with E-state index in [0.717, 1.165) is 0 Å². The van der Waals surface area contributed by atoms with Crippen molar-refractivity contribution < 1.29 is 14.7 Å². The zero-order valence-corrected chi connectivity index (χ0v) is 12.8. The largest absolute Gasteiger partial charge is 0.481 e. The summed E-state index contributed by atoms with van der Waals surface area (Å²) in [7, 11) is 0. The van der Waals surface area contributed by atoms with Gasteiger partial charge in [-0.15, -0.1) is 11.8 Å². The number of carbonyl (C=O) groups is 2. The molecule has 0 spiro atoms. The van der Waals surface area contributed by atoms with E-state index in [9.17, 15) is 14.7 Å². The molecule has 0 heterocycles. The average Bonchev–Trinajstić information content (AvgIpc) is 2.27. The third-order valence-electron chi connectivity index (χ3n) is 3.07. The molecule has 5 heteroatoms. The number of carboxylic acids is 1. The van der Waals surface area contributed by atoms with Crippen molar-refractivity contribution in [2.24, 2.45) is 5.41 Å². The summed E-state index contributed by atoms with van der Waals surface area (Å²) in [5.74, 6) is -0.564. The Kier molecular flexibility index (Phi) is 6.74. The van der Waals surface area contributed by atoms with Gasteiger partial charge in [-0.25, -0.2) is 0 Å². The standard InChI is InChI=1S/C13H25NO3S/c1-6-13(7-2,11(16)17)9-14-10(15)8-18-12(3,4)5/h6-9H2,1-5H3,(H,14,15)(H,16,17). The second-order valence-corrected chi connectivity index (χ2v) is 7.27. The minimum Gasteiger partial charge on any atom is -0.481 e. The van der Waals surface area contributed by atoms with Gasteiger partial charge in [0.05, 0.1) is 11.2 Å². The first-order valence-corrected chi connectivity index (χ1v) is 7.29. The van der Waals surface area contributed by atoms with E-state index in [1.165, 1.54) is 0 Å². The van der Waals surface area contributed by atoms with E-state index in [1.54, 1.807) is 11.8 Å². The monoisotopic (exact) mass is 275 g/mol. The second-order valence-electron chi connectivity index (χ2n) is 5.47. The quantitative estimate of drug-likeness (QED) is 0.749. The molecule has 18 heavy (non-hydrogen) atoms. The van der Waals surface area contributed by atoms with E-state index >= 15 is 0 Å². The van der Waals surface area contributed by atoms with E-state index < -0.39 is 11.4 Å². The van der Waals surface area contributed by atoms with Gasteiger partial charge in [0.15, 0.2) is 0 Å². The number of rotatable bonds is 7. The predicted octanol–water partition coefficient (Wildman–Crippen LogP) is 2.53. The van der Waals surface area contributed by atoms with E-state index in [-0.39, 0.29) is 17.2 Å². The molecule has 0 fully saturated rings. The van der Waals surface area contributed by atoms with Crippen LogP contribution in [0.25, 0.3) is 0 Å². The Hall–Kier alpha value is -0.710. The fourth-order valence-electron chi connectivity index (χ4n) is 1.48. The van der Waals surface area contributed by atoms with E-state index in [2.05, 4.69) is 5.32 Å². The highest BCUT2D eigenvalue weighted by Crippen LogP contribution is 2.26. The lowest BCUT2D eigenvalue weighted by molar-refractivity contribution is -0.149. The number of carbonyl (C=O) groups excluding carboxylic acids is 1. The summed E-state index contributed by atoms with van der Waals surface area (Å²) in [6.07, 6.45) is 1.04. The molecule has 0 aromatic carbocycles. The molecular weight excluding hydrogens is 250 g/mol. The maximum atomic E-state index is 11.7. The van der Waals surface area contributed by atoms with Crippen molar-refractivity contribution in [2.75, 3.05) is 12.3 Å². The molecule has 4 nitrogen and oxygen atoms in total. The van der Waals surface area contributed by atoms with Gasteiger partial charge < -0.3 is 10.4 Å². The molecule has 0 rings (SSSR count). The molecule has 0 saturated heterocycles. The second kappa shape index (κ2) is 7.02. The number of hydrogen-bond acceptors (Lipinski definition) is 3. The first kappa shape index (κ1) is 17.3. The maximum Gasteiger partial charge on any atom is 0.311 e. The van der Waals surface area contributed by atoms with Crippen LogP contribution in [-0.2, 0) is 9.59 Å². The van der Waals surface area contributed by atoms with Crippen LogP contribution < -0.4 is 5.32 Å². The minimum atomic E-state index is -0.837. The van der Waals surface area contributed by atoms with Crippen LogP contribution in [0.2, 0.25) is 0 Å². The van der Waals surface area contributed by atoms with Crippen LogP contribution in [0.15, 0.2) is 0 Å². The van der Waals surface area contributed by atoms with Gasteiger partial charge in [0.2, 0.25) is 5.91 Å². The first-order valence-electron chi connectivity index (χ1n) is 6.31. The molecule has 0 radical (unpaired) electrons. The zero-order chi connectivity index (χ0) is 14.4. The lowest BCUT2D eigenvalue weighted by Crippen LogP contribution is -2.43. The van der Waals surface area contributed by atoms with E-state index in [4.69, 9.17) is 0 Å². The lowest BCUT2D eigenvalue weighted by Gasteiger charge is -2.27. The van der Waals surface area contributed by atoms with Crippen molar-refractivity contribution in [3.63, 3.8) is 0 Å². The van der Waals surface area contributed by atoms with Gasteiger partial charge in [0, 0.05) is 11.3 Å². The smallest absolute Gasteiger partial charge is 0.311 e. The summed E-state index contributed by atoms with van der Waals surface area (Å²) < 4.78 is 0.0384. The van der Waals surface area contributed by atoms with Gasteiger partial charge in [0.25, 0.3) is 0 Å². The summed E-state index contributed by atoms with van der Waals surface area (Å²) in [4.78, 5) is 22.9. The Bertz CT molecular complexity index is 293. The predicted molar refractivity (Wildman–Crippen MR) is 75.9 cm³/mol. The van der Waals surface area contributed by atoms with Crippen molar-refractivity contribution in [1.82, 2.24) is 5.32 Å². The summed E-state index contributed by atoms with van der Waals surface area (Å²) in [5, 5.41) is 12.0. The SMILES string of the molecule is CCC(CC)(CNC(=O)CSC(C)(C)C)C(=O)O. The molecule has 1 amide bonds. The molecule has 0 aliphatic carbocycles. The average molecular weight is 275 g/mol. The summed E-state index contributed by atoms with van der Waals surface area (Å²) >= 11 is 1.56. The maximum absolute atomic E-state index is 11.7. The molecule has 0 atom stereocenters. The van der Waals surface area contributed by atoms with E-state index in [0.29, 0.717) is 18.6 Å². The van der Waals surface area contributed by atoms with Gasteiger partial charge >= 0.3 is 5.97 Å². The highest BCUT2D eigenvalue weighted by atomic mass is 32.2. The molecule has 0 unspecified atom stereocenters. The van der Waals surface area contributed by atoms with Crippen LogP contribution in [0.1, 0.15) is 47.5 Å². The van der Waals surface area contributed by atoms with Crippen molar-refractivity contribution in [2.45, 2.75) is 52.2 Å². The molecule has 0 aliphatic heterocycles. The van der Waals surface area contributed by atoms with Gasteiger partial charge in [-0.3, -0.25) is 9.59 Å². The van der Waals surface area contributed by atoms with Crippen LogP contribution in [0, 0.1) is 5.41 Å². The Morgan fingerprint density at radius 3 is 2.00 bits per heavy atom. The Morgan fingerprint density at radius 1 is 1.17 bits per heavy atom. The highest BCUT2D eigenvalue weighted by Gasteiger charge is 2.35. The number of amides is 1. The fourth-order valence-corrected chi connectivity index (χ4v) is 2.15. The Morgan fingerprint density at radius 2 is 1.67 bits per heavy atom. The van der Waals surface area contributed by atoms with Crippen molar-refractivity contribution >= 4 is 23.6 Å². The van der Waals surface area contributed by atoms with Gasteiger partial charge in [-0.1, -0.05) is 34.6 Å². The van der Waals surface area contributed by atoms with Crippen LogP contribution in [0.4, 0.5) is 0 Å². The van der Waals surface area contributed by atoms with E-state index in [1.807, 2.05) is 34.6 Å². The minimum absolute atomic E-state index is 0.0384. The highest BCUT2D eigenvalue weighted by molar-refractivity contribution is 8.01. The normalized spacial score (nSPS) is 12.3. The fraction of sp³-hybridized carbons (Fsp3) is 0.846. The Balaban J connectivity index is 4.29. The molecular formula is C13H25NO3S. The van der Waals surface area contributed by atoms with Crippen molar-refractivity contribution in [3.05, 3.63) is 0 Å². The van der Waals surface area contributed by atoms with Gasteiger partial charge in [-0.05, 0) is 12.8 Å². The number of hydrogen-bond donors (Lipinski definition) is 2. The molecule has 106 valence electrons. The third-order valence-corrected chi connectivity index (χ3v) is 4.34.